The molecule has 32 heavy (non-hydrogen) atoms. The van der Waals surface area contributed by atoms with Crippen molar-refractivity contribution < 1.29 is 13.2 Å². The van der Waals surface area contributed by atoms with Crippen LogP contribution < -0.4 is 10.0 Å². The van der Waals surface area contributed by atoms with E-state index in [0.717, 1.165) is 31.6 Å². The number of carbonyl (C=O) groups excluding carboxylic acids is 1. The van der Waals surface area contributed by atoms with Gasteiger partial charge in [0.05, 0.1) is 15.5 Å². The fraction of sp³-hybridized carbons (Fsp3) is 0.458. The van der Waals surface area contributed by atoms with Gasteiger partial charge in [-0.3, -0.25) is 9.52 Å². The Hall–Kier alpha value is -2.09. The number of amides is 1. The van der Waals surface area contributed by atoms with E-state index in [0.29, 0.717) is 18.4 Å². The molecule has 0 bridgehead atoms. The minimum absolute atomic E-state index is 0.158. The number of piperidine rings is 1. The first-order chi connectivity index (χ1) is 15.1. The van der Waals surface area contributed by atoms with Crippen LogP contribution in [0.3, 0.4) is 0 Å². The molecule has 2 aromatic rings. The van der Waals surface area contributed by atoms with E-state index < -0.39 is 10.0 Å². The fourth-order valence-corrected chi connectivity index (χ4v) is 5.52. The van der Waals surface area contributed by atoms with Gasteiger partial charge in [-0.25, -0.2) is 8.42 Å². The van der Waals surface area contributed by atoms with Crippen LogP contribution in [0.2, 0.25) is 5.02 Å². The van der Waals surface area contributed by atoms with Crippen LogP contribution in [0.5, 0.6) is 0 Å². The molecule has 0 saturated carbocycles. The molecule has 1 aliphatic rings. The van der Waals surface area contributed by atoms with Crippen molar-refractivity contribution in [1.82, 2.24) is 10.2 Å². The number of carbonyl (C=O) groups is 1. The Morgan fingerprint density at radius 2 is 1.75 bits per heavy atom. The smallest absolute Gasteiger partial charge is 0.261 e. The van der Waals surface area contributed by atoms with Gasteiger partial charge in [-0.2, -0.15) is 0 Å². The van der Waals surface area contributed by atoms with Gasteiger partial charge in [0.15, 0.2) is 0 Å². The molecule has 1 heterocycles. The summed E-state index contributed by atoms with van der Waals surface area (Å²) in [4.78, 5) is 15.3. The lowest BCUT2D eigenvalue weighted by atomic mass is 9.92. The molecule has 8 heteroatoms. The van der Waals surface area contributed by atoms with Crippen LogP contribution in [-0.4, -0.2) is 45.4 Å². The van der Waals surface area contributed by atoms with Gasteiger partial charge in [-0.1, -0.05) is 43.1 Å². The van der Waals surface area contributed by atoms with Crippen LogP contribution in [0.4, 0.5) is 5.69 Å². The van der Waals surface area contributed by atoms with E-state index in [-0.39, 0.29) is 27.1 Å². The van der Waals surface area contributed by atoms with Crippen molar-refractivity contribution in [2.24, 2.45) is 11.8 Å². The maximum Gasteiger partial charge on any atom is 0.261 e. The highest BCUT2D eigenvalue weighted by molar-refractivity contribution is 7.92. The third kappa shape index (κ3) is 6.70. The molecule has 0 aliphatic carbocycles. The number of hydrogen-bond donors (Lipinski definition) is 2. The minimum atomic E-state index is -3.76. The predicted molar refractivity (Wildman–Crippen MR) is 130 cm³/mol. The highest BCUT2D eigenvalue weighted by Crippen LogP contribution is 2.24. The van der Waals surface area contributed by atoms with Crippen molar-refractivity contribution in [2.75, 3.05) is 30.9 Å². The largest absolute Gasteiger partial charge is 0.352 e. The molecule has 174 valence electrons. The summed E-state index contributed by atoms with van der Waals surface area (Å²) in [5.41, 5.74) is 1.51. The van der Waals surface area contributed by atoms with Gasteiger partial charge in [0, 0.05) is 25.3 Å². The van der Waals surface area contributed by atoms with Crippen LogP contribution in [-0.2, 0) is 10.0 Å². The van der Waals surface area contributed by atoms with Crippen molar-refractivity contribution in [3.63, 3.8) is 0 Å². The van der Waals surface area contributed by atoms with Crippen LogP contribution in [0.25, 0.3) is 0 Å². The Morgan fingerprint density at radius 3 is 2.41 bits per heavy atom. The fourth-order valence-electron chi connectivity index (χ4n) is 4.27. The Bertz CT molecular complexity index is 1030. The van der Waals surface area contributed by atoms with E-state index in [1.54, 1.807) is 30.3 Å². The number of aryl methyl sites for hydroxylation is 1. The Morgan fingerprint density at radius 1 is 1.09 bits per heavy atom. The van der Waals surface area contributed by atoms with E-state index in [4.69, 9.17) is 11.6 Å². The highest BCUT2D eigenvalue weighted by Gasteiger charge is 2.21. The lowest BCUT2D eigenvalue weighted by Crippen LogP contribution is -2.40. The number of halogens is 1. The predicted octanol–water partition coefficient (Wildman–Crippen LogP) is 4.55. The number of hydrogen-bond acceptors (Lipinski definition) is 4. The van der Waals surface area contributed by atoms with Crippen LogP contribution in [0, 0.1) is 18.8 Å². The molecule has 6 nitrogen and oxygen atoms in total. The number of nitrogens with zero attached hydrogens (tertiary/aromatic N) is 1. The summed E-state index contributed by atoms with van der Waals surface area (Å²) >= 11 is 6.22. The standard InChI is InChI=1S/C24H32ClN3O3S/c1-17-5-8-21(9-6-17)32(30,31)27-20-7-10-23(25)22(14-20)24(29)26-11-4-12-28-15-18(2)13-19(3)16-28/h5-10,14,18-19,27H,4,11-13,15-16H2,1-3H3,(H,26,29). The Balaban J connectivity index is 1.57. The summed E-state index contributed by atoms with van der Waals surface area (Å²) in [5, 5.41) is 3.18. The average Bonchev–Trinajstić information content (AvgIpc) is 2.72. The summed E-state index contributed by atoms with van der Waals surface area (Å²) in [6.45, 7) is 10.1. The molecule has 1 aliphatic heterocycles. The SMILES string of the molecule is Cc1ccc(S(=O)(=O)Nc2ccc(Cl)c(C(=O)NCCCN3CC(C)CC(C)C3)c2)cc1. The highest BCUT2D eigenvalue weighted by atomic mass is 35.5. The number of anilines is 1. The molecule has 1 saturated heterocycles. The average molecular weight is 478 g/mol. The zero-order valence-corrected chi connectivity index (χ0v) is 20.5. The first-order valence-corrected chi connectivity index (χ1v) is 12.9. The molecule has 1 fully saturated rings. The number of rotatable bonds is 8. The van der Waals surface area contributed by atoms with Gasteiger partial charge >= 0.3 is 0 Å². The first-order valence-electron chi connectivity index (χ1n) is 11.0. The lowest BCUT2D eigenvalue weighted by molar-refractivity contribution is 0.0947. The zero-order chi connectivity index (χ0) is 23.3. The van der Waals surface area contributed by atoms with Gasteiger partial charge in [0.2, 0.25) is 0 Å². The molecule has 0 radical (unpaired) electrons. The normalized spacial score (nSPS) is 19.5. The first kappa shape index (κ1) is 24.6. The van der Waals surface area contributed by atoms with Gasteiger partial charge in [-0.15, -0.1) is 0 Å². The molecule has 2 atom stereocenters. The molecule has 1 amide bonds. The van der Waals surface area contributed by atoms with Crippen LogP contribution >= 0.6 is 11.6 Å². The van der Waals surface area contributed by atoms with Gasteiger partial charge in [0.25, 0.3) is 15.9 Å². The molecule has 0 spiro atoms. The number of benzene rings is 2. The van der Waals surface area contributed by atoms with E-state index in [2.05, 4.69) is 28.8 Å². The molecular formula is C24H32ClN3O3S. The van der Waals surface area contributed by atoms with E-state index >= 15 is 0 Å². The molecule has 3 rings (SSSR count). The minimum Gasteiger partial charge on any atom is -0.352 e. The third-order valence-electron chi connectivity index (χ3n) is 5.68. The van der Waals surface area contributed by atoms with E-state index in [9.17, 15) is 13.2 Å². The zero-order valence-electron chi connectivity index (χ0n) is 18.9. The summed E-state index contributed by atoms with van der Waals surface area (Å²) in [7, 11) is -3.76. The maximum absolute atomic E-state index is 12.7. The number of likely N-dealkylation sites (tertiary alicyclic amines) is 1. The monoisotopic (exact) mass is 477 g/mol. The summed E-state index contributed by atoms with van der Waals surface area (Å²) in [6.07, 6.45) is 2.12. The number of sulfonamides is 1. The summed E-state index contributed by atoms with van der Waals surface area (Å²) in [5.74, 6) is 1.10. The molecular weight excluding hydrogens is 446 g/mol. The second kappa shape index (κ2) is 10.7. The molecule has 2 aromatic carbocycles. The number of nitrogens with one attached hydrogen (secondary N) is 2. The van der Waals surface area contributed by atoms with Crippen LogP contribution in [0.1, 0.15) is 42.6 Å². The van der Waals surface area contributed by atoms with Crippen LogP contribution in [0.15, 0.2) is 47.4 Å². The van der Waals surface area contributed by atoms with Crippen molar-refractivity contribution in [3.8, 4) is 0 Å². The van der Waals surface area contributed by atoms with Gasteiger partial charge in [0.1, 0.15) is 0 Å². The van der Waals surface area contributed by atoms with E-state index in [1.165, 1.54) is 18.6 Å². The Labute approximate surface area is 196 Å². The second-order valence-electron chi connectivity index (χ2n) is 8.93. The quantitative estimate of drug-likeness (QED) is 0.547. The van der Waals surface area contributed by atoms with Crippen molar-refractivity contribution >= 4 is 33.2 Å². The summed E-state index contributed by atoms with van der Waals surface area (Å²) in [6, 6.07) is 11.1. The molecule has 0 aromatic heterocycles. The topological polar surface area (TPSA) is 78.5 Å². The molecule has 2 N–H and O–H groups in total. The van der Waals surface area contributed by atoms with Gasteiger partial charge < -0.3 is 10.2 Å². The van der Waals surface area contributed by atoms with Gasteiger partial charge in [-0.05, 0) is 68.5 Å². The summed E-state index contributed by atoms with van der Waals surface area (Å²) < 4.78 is 27.8. The van der Waals surface area contributed by atoms with Crippen molar-refractivity contribution in [2.45, 2.75) is 38.5 Å². The van der Waals surface area contributed by atoms with Crippen molar-refractivity contribution in [3.05, 3.63) is 58.6 Å². The molecule has 2 unspecified atom stereocenters. The maximum atomic E-state index is 12.7. The lowest BCUT2D eigenvalue weighted by Gasteiger charge is -2.34. The van der Waals surface area contributed by atoms with Crippen molar-refractivity contribution in [1.29, 1.82) is 0 Å². The Kier molecular flexibility index (Phi) is 8.20. The van der Waals surface area contributed by atoms with E-state index in [1.807, 2.05) is 6.92 Å². The second-order valence-corrected chi connectivity index (χ2v) is 11.0. The third-order valence-corrected chi connectivity index (χ3v) is 7.40.